The van der Waals surface area contributed by atoms with Crippen molar-refractivity contribution in [3.05, 3.63) is 82.6 Å². The fourth-order valence-electron chi connectivity index (χ4n) is 4.08. The molecule has 0 saturated heterocycles. The number of nitrogens with one attached hydrogen (secondary N) is 1. The maximum absolute atomic E-state index is 12.0. The third kappa shape index (κ3) is 4.69. The van der Waals surface area contributed by atoms with Gasteiger partial charge in [0.05, 0.1) is 11.7 Å². The van der Waals surface area contributed by atoms with Gasteiger partial charge in [-0.25, -0.2) is 0 Å². The van der Waals surface area contributed by atoms with Gasteiger partial charge in [0.1, 0.15) is 0 Å². The van der Waals surface area contributed by atoms with Gasteiger partial charge in [-0.3, -0.25) is 4.79 Å². The molecule has 1 heterocycles. The maximum Gasteiger partial charge on any atom is 0.250 e. The van der Waals surface area contributed by atoms with Crippen molar-refractivity contribution in [2.75, 3.05) is 5.32 Å². The average Bonchev–Trinajstić information content (AvgIpc) is 3.19. The van der Waals surface area contributed by atoms with Crippen molar-refractivity contribution < 1.29 is 9.90 Å². The Bertz CT molecular complexity index is 1020. The van der Waals surface area contributed by atoms with Crippen LogP contribution in [0.3, 0.4) is 0 Å². The van der Waals surface area contributed by atoms with Gasteiger partial charge in [-0.2, -0.15) is 0 Å². The molecule has 2 aromatic carbocycles. The van der Waals surface area contributed by atoms with Crippen LogP contribution in [-0.4, -0.2) is 27.7 Å². The van der Waals surface area contributed by atoms with Crippen molar-refractivity contribution in [1.29, 1.82) is 0 Å². The third-order valence-corrected chi connectivity index (χ3v) is 5.99. The Kier molecular flexibility index (Phi) is 6.11. The van der Waals surface area contributed by atoms with E-state index in [1.807, 2.05) is 48.7 Å². The SMILES string of the molecule is NC(=O)c1ccc(-n2cccc2Cc2ccc(Cl)cc2)cc1N[C@H]1CC[C@H](O)CC1. The lowest BCUT2D eigenvalue weighted by atomic mass is 9.92. The van der Waals surface area contributed by atoms with Crippen molar-refractivity contribution >= 4 is 23.2 Å². The van der Waals surface area contributed by atoms with Gasteiger partial charge < -0.3 is 20.7 Å². The molecule has 0 spiro atoms. The molecular formula is C24H26ClN3O2. The van der Waals surface area contributed by atoms with Gasteiger partial charge in [0.25, 0.3) is 5.91 Å². The Morgan fingerprint density at radius 3 is 2.53 bits per heavy atom. The minimum absolute atomic E-state index is 0.222. The normalized spacial score (nSPS) is 18.9. The number of aliphatic hydroxyl groups excluding tert-OH is 1. The number of aromatic nitrogens is 1. The van der Waals surface area contributed by atoms with Crippen LogP contribution >= 0.6 is 11.6 Å². The molecule has 6 heteroatoms. The van der Waals surface area contributed by atoms with Gasteiger partial charge in [0.2, 0.25) is 0 Å². The highest BCUT2D eigenvalue weighted by molar-refractivity contribution is 6.30. The molecule has 0 bridgehead atoms. The second kappa shape index (κ2) is 8.94. The zero-order valence-corrected chi connectivity index (χ0v) is 17.5. The van der Waals surface area contributed by atoms with Gasteiger partial charge in [0.15, 0.2) is 0 Å². The number of rotatable bonds is 6. The molecule has 0 unspecified atom stereocenters. The third-order valence-electron chi connectivity index (χ3n) is 5.73. The Hall–Kier alpha value is -2.76. The average molecular weight is 424 g/mol. The second-order valence-electron chi connectivity index (χ2n) is 7.92. The summed E-state index contributed by atoms with van der Waals surface area (Å²) in [6.45, 7) is 0. The van der Waals surface area contributed by atoms with Crippen LogP contribution in [-0.2, 0) is 6.42 Å². The Balaban J connectivity index is 1.61. The van der Waals surface area contributed by atoms with Gasteiger partial charge in [-0.1, -0.05) is 23.7 Å². The zero-order chi connectivity index (χ0) is 21.1. The Morgan fingerprint density at radius 2 is 1.83 bits per heavy atom. The van der Waals surface area contributed by atoms with Crippen molar-refractivity contribution in [2.45, 2.75) is 44.2 Å². The Morgan fingerprint density at radius 1 is 1.10 bits per heavy atom. The monoisotopic (exact) mass is 423 g/mol. The molecule has 1 aromatic heterocycles. The number of amides is 1. The summed E-state index contributed by atoms with van der Waals surface area (Å²) in [5, 5.41) is 14.0. The number of hydrogen-bond acceptors (Lipinski definition) is 3. The minimum Gasteiger partial charge on any atom is -0.393 e. The molecule has 1 aliphatic carbocycles. The van der Waals surface area contributed by atoms with Crippen LogP contribution in [0.2, 0.25) is 5.02 Å². The molecule has 30 heavy (non-hydrogen) atoms. The number of halogens is 1. The van der Waals surface area contributed by atoms with Crippen molar-refractivity contribution in [3.63, 3.8) is 0 Å². The highest BCUT2D eigenvalue weighted by Gasteiger charge is 2.21. The van der Waals surface area contributed by atoms with E-state index >= 15 is 0 Å². The fraction of sp³-hybridized carbons (Fsp3) is 0.292. The molecule has 5 nitrogen and oxygen atoms in total. The number of carbonyl (C=O) groups excluding carboxylic acids is 1. The van der Waals surface area contributed by atoms with Gasteiger partial charge in [-0.15, -0.1) is 0 Å². The van der Waals surface area contributed by atoms with Crippen molar-refractivity contribution in [1.82, 2.24) is 4.57 Å². The van der Waals surface area contributed by atoms with Crippen molar-refractivity contribution in [2.24, 2.45) is 5.73 Å². The fourth-order valence-corrected chi connectivity index (χ4v) is 4.21. The lowest BCUT2D eigenvalue weighted by Crippen LogP contribution is -2.29. The molecule has 0 atom stereocenters. The number of benzene rings is 2. The predicted octanol–water partition coefficient (Wildman–Crippen LogP) is 4.54. The van der Waals surface area contributed by atoms with Crippen LogP contribution in [0.25, 0.3) is 5.69 Å². The second-order valence-corrected chi connectivity index (χ2v) is 8.35. The smallest absolute Gasteiger partial charge is 0.250 e. The van der Waals surface area contributed by atoms with E-state index in [1.165, 1.54) is 5.56 Å². The molecule has 1 aliphatic rings. The summed E-state index contributed by atoms with van der Waals surface area (Å²) in [4.78, 5) is 12.0. The number of nitrogens with zero attached hydrogens (tertiary/aromatic N) is 1. The van der Waals surface area contributed by atoms with E-state index in [2.05, 4.69) is 16.0 Å². The van der Waals surface area contributed by atoms with E-state index < -0.39 is 5.91 Å². The molecule has 3 aromatic rings. The number of carbonyl (C=O) groups is 1. The zero-order valence-electron chi connectivity index (χ0n) is 16.7. The maximum atomic E-state index is 12.0. The van der Waals surface area contributed by atoms with E-state index in [9.17, 15) is 9.90 Å². The summed E-state index contributed by atoms with van der Waals surface area (Å²) in [6, 6.07) is 17.9. The number of nitrogens with two attached hydrogens (primary N) is 1. The molecule has 1 amide bonds. The summed E-state index contributed by atoms with van der Waals surface area (Å²) in [5.74, 6) is -0.450. The molecular weight excluding hydrogens is 398 g/mol. The van der Waals surface area contributed by atoms with E-state index in [-0.39, 0.29) is 12.1 Å². The standard InChI is InChI=1S/C24H26ClN3O2/c25-17-5-3-16(4-6-17)14-19-2-1-13-28(19)20-9-12-22(24(26)30)23(15-20)27-18-7-10-21(29)11-8-18/h1-6,9,12-13,15,18,21,27,29H,7-8,10-11,14H2,(H2,26,30)/t18-,21-. The van der Waals surface area contributed by atoms with E-state index in [1.54, 1.807) is 6.07 Å². The number of anilines is 1. The first-order valence-electron chi connectivity index (χ1n) is 10.3. The van der Waals surface area contributed by atoms with Crippen LogP contribution in [0.4, 0.5) is 5.69 Å². The molecule has 0 radical (unpaired) electrons. The highest BCUT2D eigenvalue weighted by atomic mass is 35.5. The molecule has 0 aliphatic heterocycles. The number of aliphatic hydroxyl groups is 1. The summed E-state index contributed by atoms with van der Waals surface area (Å²) in [7, 11) is 0. The Labute approximate surface area is 181 Å². The molecule has 1 fully saturated rings. The van der Waals surface area contributed by atoms with Gasteiger partial charge in [0, 0.05) is 40.8 Å². The lowest BCUT2D eigenvalue weighted by Gasteiger charge is -2.28. The van der Waals surface area contributed by atoms with E-state index in [0.717, 1.165) is 54.2 Å². The first kappa shape index (κ1) is 20.5. The van der Waals surface area contributed by atoms with Gasteiger partial charge in [-0.05, 0) is 73.7 Å². The summed E-state index contributed by atoms with van der Waals surface area (Å²) < 4.78 is 2.12. The molecule has 1 saturated carbocycles. The van der Waals surface area contributed by atoms with E-state index in [0.29, 0.717) is 5.56 Å². The first-order chi connectivity index (χ1) is 14.5. The lowest BCUT2D eigenvalue weighted by molar-refractivity contribution is 0.100. The minimum atomic E-state index is -0.450. The van der Waals surface area contributed by atoms with Crippen LogP contribution in [0.5, 0.6) is 0 Å². The van der Waals surface area contributed by atoms with Crippen LogP contribution in [0.15, 0.2) is 60.8 Å². The summed E-state index contributed by atoms with van der Waals surface area (Å²) in [5.41, 5.74) is 10.1. The quantitative estimate of drug-likeness (QED) is 0.544. The highest BCUT2D eigenvalue weighted by Crippen LogP contribution is 2.27. The predicted molar refractivity (Wildman–Crippen MR) is 120 cm³/mol. The van der Waals surface area contributed by atoms with Gasteiger partial charge >= 0.3 is 0 Å². The van der Waals surface area contributed by atoms with Crippen LogP contribution in [0, 0.1) is 0 Å². The number of primary amides is 1. The largest absolute Gasteiger partial charge is 0.393 e. The molecule has 4 rings (SSSR count). The molecule has 4 N–H and O–H groups in total. The van der Waals surface area contributed by atoms with E-state index in [4.69, 9.17) is 17.3 Å². The van der Waals surface area contributed by atoms with Crippen LogP contribution < -0.4 is 11.1 Å². The summed E-state index contributed by atoms with van der Waals surface area (Å²) in [6.07, 6.45) is 5.85. The van der Waals surface area contributed by atoms with Crippen molar-refractivity contribution in [3.8, 4) is 5.69 Å². The summed E-state index contributed by atoms with van der Waals surface area (Å²) >= 11 is 6.00. The first-order valence-corrected chi connectivity index (χ1v) is 10.7. The number of hydrogen-bond donors (Lipinski definition) is 3. The van der Waals surface area contributed by atoms with Crippen LogP contribution in [0.1, 0.15) is 47.3 Å². The molecule has 156 valence electrons. The topological polar surface area (TPSA) is 80.3 Å².